The van der Waals surface area contributed by atoms with Gasteiger partial charge in [-0.2, -0.15) is 0 Å². The zero-order chi connectivity index (χ0) is 29.0. The predicted molar refractivity (Wildman–Crippen MR) is 141 cm³/mol. The van der Waals surface area contributed by atoms with Crippen LogP contribution in [0.4, 0.5) is 18.9 Å². The van der Waals surface area contributed by atoms with Gasteiger partial charge >= 0.3 is 0 Å². The van der Waals surface area contributed by atoms with Crippen LogP contribution in [0.2, 0.25) is 0 Å². The number of β-lactam (4-membered cyclic amide) rings is 1. The first-order chi connectivity index (χ1) is 18.8. The number of likely N-dealkylation sites (tertiary alicyclic amines) is 2. The molecule has 0 bridgehead atoms. The number of anilines is 1. The van der Waals surface area contributed by atoms with Crippen LogP contribution in [-0.2, 0) is 22.4 Å². The van der Waals surface area contributed by atoms with Gasteiger partial charge in [0, 0.05) is 24.3 Å². The lowest BCUT2D eigenvalue weighted by Gasteiger charge is -2.55. The molecular formula is C29H33F3N4O4. The monoisotopic (exact) mass is 558 g/mol. The fourth-order valence-corrected chi connectivity index (χ4v) is 6.15. The Hall–Kier alpha value is -3.60. The zero-order valence-corrected chi connectivity index (χ0v) is 22.6. The van der Waals surface area contributed by atoms with Crippen LogP contribution in [0.1, 0.15) is 42.3 Å². The van der Waals surface area contributed by atoms with Crippen LogP contribution >= 0.6 is 0 Å². The van der Waals surface area contributed by atoms with Crippen molar-refractivity contribution in [1.82, 2.24) is 15.1 Å². The minimum absolute atomic E-state index is 0.0617. The molecule has 0 radical (unpaired) electrons. The second kappa shape index (κ2) is 10.1. The molecule has 0 aromatic heterocycles. The van der Waals surface area contributed by atoms with E-state index >= 15 is 8.78 Å². The number of rotatable bonds is 8. The number of hydrogen-bond donors (Lipinski definition) is 3. The summed E-state index contributed by atoms with van der Waals surface area (Å²) in [7, 11) is 0. The Kier molecular flexibility index (Phi) is 7.06. The van der Waals surface area contributed by atoms with Crippen LogP contribution in [0.25, 0.3) is 0 Å². The molecule has 3 heterocycles. The number of hydrogen-bond acceptors (Lipinski definition) is 5. The Morgan fingerprint density at radius 2 is 1.93 bits per heavy atom. The van der Waals surface area contributed by atoms with E-state index in [1.165, 1.54) is 25.1 Å². The molecule has 2 saturated heterocycles. The molecule has 214 valence electrons. The van der Waals surface area contributed by atoms with Crippen molar-refractivity contribution in [1.29, 1.82) is 0 Å². The molecule has 0 spiro atoms. The van der Waals surface area contributed by atoms with Gasteiger partial charge in [0.05, 0.1) is 12.6 Å². The van der Waals surface area contributed by atoms with Crippen LogP contribution in [-0.4, -0.2) is 81.9 Å². The number of carbonyl (C=O) groups excluding carboxylic acids is 3. The van der Waals surface area contributed by atoms with Crippen molar-refractivity contribution in [3.63, 3.8) is 0 Å². The smallest absolute Gasteiger partial charge is 0.290 e. The predicted octanol–water partition coefficient (Wildman–Crippen LogP) is 2.60. The van der Waals surface area contributed by atoms with Gasteiger partial charge in [0.15, 0.2) is 6.10 Å². The summed E-state index contributed by atoms with van der Waals surface area (Å²) in [5, 5.41) is 17.1. The van der Waals surface area contributed by atoms with E-state index in [0.29, 0.717) is 24.1 Å². The van der Waals surface area contributed by atoms with Crippen LogP contribution in [0, 0.1) is 11.7 Å². The summed E-state index contributed by atoms with van der Waals surface area (Å²) in [6.45, 7) is 4.60. The summed E-state index contributed by atoms with van der Waals surface area (Å²) in [6.07, 6.45) is -1.51. The molecule has 3 N–H and O–H groups in total. The van der Waals surface area contributed by atoms with Crippen molar-refractivity contribution in [2.75, 3.05) is 25.0 Å². The van der Waals surface area contributed by atoms with Gasteiger partial charge in [0.2, 0.25) is 5.91 Å². The van der Waals surface area contributed by atoms with Gasteiger partial charge < -0.3 is 25.5 Å². The largest absolute Gasteiger partial charge is 0.384 e. The maximum absolute atomic E-state index is 15.3. The number of halogens is 3. The Bertz CT molecular complexity index is 1350. The Labute approximate surface area is 230 Å². The fraction of sp³-hybridized carbons (Fsp3) is 0.483. The van der Waals surface area contributed by atoms with Crippen LogP contribution in [0.5, 0.6) is 0 Å². The van der Waals surface area contributed by atoms with Crippen molar-refractivity contribution in [3.05, 3.63) is 65.0 Å². The van der Waals surface area contributed by atoms with Gasteiger partial charge in [-0.05, 0) is 61.1 Å². The summed E-state index contributed by atoms with van der Waals surface area (Å²) >= 11 is 0. The third-order valence-electron chi connectivity index (χ3n) is 8.25. The highest BCUT2D eigenvalue weighted by molar-refractivity contribution is 5.99. The Morgan fingerprint density at radius 1 is 1.20 bits per heavy atom. The summed E-state index contributed by atoms with van der Waals surface area (Å²) in [5.41, 5.74) is 0.425. The van der Waals surface area contributed by atoms with Gasteiger partial charge in [0.25, 0.3) is 17.7 Å². The van der Waals surface area contributed by atoms with Crippen LogP contribution < -0.4 is 10.6 Å². The quantitative estimate of drug-likeness (QED) is 0.433. The molecule has 2 aromatic rings. The van der Waals surface area contributed by atoms with Gasteiger partial charge in [0.1, 0.15) is 17.4 Å². The summed E-state index contributed by atoms with van der Waals surface area (Å²) in [4.78, 5) is 41.8. The first-order valence-electron chi connectivity index (χ1n) is 13.4. The normalized spacial score (nSPS) is 24.2. The molecule has 3 amide bonds. The van der Waals surface area contributed by atoms with E-state index < -0.39 is 59.7 Å². The third kappa shape index (κ3) is 4.49. The van der Waals surface area contributed by atoms with E-state index in [1.807, 2.05) is 19.9 Å². The number of aliphatic hydroxyl groups excluding tert-OH is 1. The van der Waals surface area contributed by atoms with E-state index in [0.717, 1.165) is 21.1 Å². The molecule has 2 aromatic carbocycles. The number of amides is 3. The second-order valence-corrected chi connectivity index (χ2v) is 11.4. The topological polar surface area (TPSA) is 102 Å². The molecule has 2 fully saturated rings. The highest BCUT2D eigenvalue weighted by Gasteiger charge is 2.77. The maximum Gasteiger partial charge on any atom is 0.290 e. The first kappa shape index (κ1) is 27.9. The van der Waals surface area contributed by atoms with Crippen LogP contribution in [0.3, 0.4) is 0 Å². The molecule has 1 unspecified atom stereocenters. The van der Waals surface area contributed by atoms with Crippen molar-refractivity contribution in [2.45, 2.75) is 63.3 Å². The number of nitrogens with one attached hydrogen (secondary N) is 2. The second-order valence-electron chi connectivity index (χ2n) is 11.4. The Morgan fingerprint density at radius 3 is 2.62 bits per heavy atom. The van der Waals surface area contributed by atoms with Crippen molar-refractivity contribution < 1.29 is 32.7 Å². The molecule has 0 saturated carbocycles. The first-order valence-corrected chi connectivity index (χ1v) is 13.4. The number of fused-ring (bicyclic) bond motifs is 2. The minimum atomic E-state index is -3.41. The van der Waals surface area contributed by atoms with Gasteiger partial charge in [-0.25, -0.2) is 13.2 Å². The SMILES string of the molecule is CC(C)CN1C(=O)[C@H]2N(C(=O)[C@@H](O)[C@H](Cc3cccc(F)c3)NC(=O)c3cccc4c3CCN4)CC(F)(F)C21C. The van der Waals surface area contributed by atoms with Crippen molar-refractivity contribution in [2.24, 2.45) is 5.92 Å². The van der Waals surface area contributed by atoms with E-state index in [4.69, 9.17) is 0 Å². The molecule has 3 aliphatic heterocycles. The van der Waals surface area contributed by atoms with E-state index in [9.17, 15) is 23.9 Å². The molecule has 40 heavy (non-hydrogen) atoms. The highest BCUT2D eigenvalue weighted by Crippen LogP contribution is 2.52. The third-order valence-corrected chi connectivity index (χ3v) is 8.25. The van der Waals surface area contributed by atoms with E-state index in [2.05, 4.69) is 10.6 Å². The van der Waals surface area contributed by atoms with Gasteiger partial charge in [-0.3, -0.25) is 14.4 Å². The van der Waals surface area contributed by atoms with Crippen LogP contribution in [0.15, 0.2) is 42.5 Å². The van der Waals surface area contributed by atoms with Crippen molar-refractivity contribution in [3.8, 4) is 0 Å². The maximum atomic E-state index is 15.3. The molecule has 3 aliphatic rings. The molecule has 5 rings (SSSR count). The standard InChI is InChI=1S/C29H33F3N4O4/c1-16(2)14-36-27(40)24-28(36,3)29(31,32)15-35(24)26(39)23(37)22(13-17-6-4-7-18(30)12-17)34-25(38)20-8-5-9-21-19(20)10-11-33-21/h4-9,12,16,22-24,33,37H,10-11,13-15H2,1-3H3,(H,34,38)/t22-,23-,24+,28?/m0/s1. The molecular weight excluding hydrogens is 525 g/mol. The molecule has 0 aliphatic carbocycles. The number of benzene rings is 2. The number of carbonyl (C=O) groups is 3. The minimum Gasteiger partial charge on any atom is -0.384 e. The van der Waals surface area contributed by atoms with Crippen molar-refractivity contribution >= 4 is 23.4 Å². The highest BCUT2D eigenvalue weighted by atomic mass is 19.3. The number of aliphatic hydroxyl groups is 1. The van der Waals surface area contributed by atoms with E-state index in [1.54, 1.807) is 18.2 Å². The lowest BCUT2D eigenvalue weighted by Crippen LogP contribution is -2.79. The molecule has 4 atom stereocenters. The zero-order valence-electron chi connectivity index (χ0n) is 22.6. The van der Waals surface area contributed by atoms with Gasteiger partial charge in [-0.1, -0.05) is 32.0 Å². The lowest BCUT2D eigenvalue weighted by molar-refractivity contribution is -0.192. The average molecular weight is 559 g/mol. The Balaban J connectivity index is 1.42. The summed E-state index contributed by atoms with van der Waals surface area (Å²) in [6, 6.07) is 7.92. The summed E-state index contributed by atoms with van der Waals surface area (Å²) in [5.74, 6) is -6.27. The fourth-order valence-electron chi connectivity index (χ4n) is 6.15. The molecule has 8 nitrogen and oxygen atoms in total. The molecule has 11 heteroatoms. The van der Waals surface area contributed by atoms with Gasteiger partial charge in [-0.15, -0.1) is 0 Å². The number of alkyl halides is 2. The summed E-state index contributed by atoms with van der Waals surface area (Å²) < 4.78 is 44.6. The van der Waals surface area contributed by atoms with E-state index in [-0.39, 0.29) is 18.9 Å². The lowest BCUT2D eigenvalue weighted by atomic mass is 9.77. The number of nitrogens with zero attached hydrogens (tertiary/aromatic N) is 2. The average Bonchev–Trinajstić information content (AvgIpc) is 3.45.